The molecule has 2 unspecified atom stereocenters. The number of thioether (sulfide) groups is 1. The largest absolute Gasteiger partial charge is 0.480 e. The van der Waals surface area contributed by atoms with E-state index in [2.05, 4.69) is 0 Å². The topological polar surface area (TPSA) is 127 Å². The van der Waals surface area contributed by atoms with Crippen LogP contribution in [0.25, 0.3) is 0 Å². The van der Waals surface area contributed by atoms with Crippen LogP contribution in [0.5, 0.6) is 0 Å². The first kappa shape index (κ1) is 19.5. The highest BCUT2D eigenvalue weighted by molar-refractivity contribution is 7.98. The Kier molecular flexibility index (Phi) is 12.3. The minimum absolute atomic E-state index is 0.0718. The summed E-state index contributed by atoms with van der Waals surface area (Å²) in [7, 11) is 0. The monoisotopic (exact) mass is 280 g/mol. The zero-order chi connectivity index (χ0) is 14.7. The van der Waals surface area contributed by atoms with Gasteiger partial charge in [0, 0.05) is 0 Å². The van der Waals surface area contributed by atoms with Crippen molar-refractivity contribution in [3.05, 3.63) is 0 Å². The predicted molar refractivity (Wildman–Crippen MR) is 73.7 cm³/mol. The van der Waals surface area contributed by atoms with Crippen molar-refractivity contribution in [2.45, 2.75) is 38.8 Å². The van der Waals surface area contributed by atoms with Gasteiger partial charge in [0.15, 0.2) is 0 Å². The highest BCUT2D eigenvalue weighted by atomic mass is 32.2. The number of carbonyl (C=O) groups is 2. The van der Waals surface area contributed by atoms with Crippen molar-refractivity contribution in [1.82, 2.24) is 0 Å². The average molecular weight is 280 g/mol. The lowest BCUT2D eigenvalue weighted by Gasteiger charge is -2.11. The summed E-state index contributed by atoms with van der Waals surface area (Å²) in [5.74, 6) is -0.941. The second-order valence-electron chi connectivity index (χ2n) is 3.98. The molecule has 6 nitrogen and oxygen atoms in total. The van der Waals surface area contributed by atoms with Gasteiger partial charge >= 0.3 is 11.9 Å². The zero-order valence-electron chi connectivity index (χ0n) is 11.1. The molecular weight excluding hydrogens is 256 g/mol. The van der Waals surface area contributed by atoms with Crippen molar-refractivity contribution in [1.29, 1.82) is 0 Å². The lowest BCUT2D eigenvalue weighted by molar-refractivity contribution is -0.140. The van der Waals surface area contributed by atoms with Gasteiger partial charge in [-0.2, -0.15) is 11.8 Å². The van der Waals surface area contributed by atoms with Crippen LogP contribution in [0.1, 0.15) is 26.7 Å². The minimum Gasteiger partial charge on any atom is -0.480 e. The van der Waals surface area contributed by atoms with Gasteiger partial charge in [-0.05, 0) is 24.3 Å². The number of aliphatic carboxylic acids is 2. The van der Waals surface area contributed by atoms with Crippen LogP contribution in [0.15, 0.2) is 0 Å². The summed E-state index contributed by atoms with van der Waals surface area (Å²) < 4.78 is 0. The highest BCUT2D eigenvalue weighted by Gasteiger charge is 2.17. The first-order valence-electron chi connectivity index (χ1n) is 5.73. The van der Waals surface area contributed by atoms with Crippen molar-refractivity contribution in [2.24, 2.45) is 17.4 Å². The van der Waals surface area contributed by atoms with Crippen molar-refractivity contribution in [3.63, 3.8) is 0 Å². The summed E-state index contributed by atoms with van der Waals surface area (Å²) in [5, 5.41) is 16.6. The van der Waals surface area contributed by atoms with Gasteiger partial charge in [0.2, 0.25) is 0 Å². The van der Waals surface area contributed by atoms with Crippen molar-refractivity contribution < 1.29 is 19.8 Å². The number of nitrogens with two attached hydrogens (primary N) is 2. The van der Waals surface area contributed by atoms with Gasteiger partial charge in [0.1, 0.15) is 12.1 Å². The Morgan fingerprint density at radius 1 is 1.22 bits per heavy atom. The van der Waals surface area contributed by atoms with Crippen LogP contribution < -0.4 is 11.5 Å². The molecular formula is C11H24N2O4S. The maximum Gasteiger partial charge on any atom is 0.320 e. The van der Waals surface area contributed by atoms with E-state index in [-0.39, 0.29) is 5.92 Å². The highest BCUT2D eigenvalue weighted by Crippen LogP contribution is 2.04. The van der Waals surface area contributed by atoms with Gasteiger partial charge < -0.3 is 21.7 Å². The van der Waals surface area contributed by atoms with Gasteiger partial charge in [0.25, 0.3) is 0 Å². The summed E-state index contributed by atoms with van der Waals surface area (Å²) in [6, 6.07) is -1.38. The molecule has 0 heterocycles. The van der Waals surface area contributed by atoms with E-state index >= 15 is 0 Å². The molecule has 0 fully saturated rings. The van der Waals surface area contributed by atoms with Gasteiger partial charge in [-0.3, -0.25) is 9.59 Å². The number of hydrogen-bond acceptors (Lipinski definition) is 5. The molecule has 0 amide bonds. The standard InChI is InChI=1S/C6H13NO2.C5H11NO2S/c1-3-4(2)5(7)6(8)9;1-9-3-2-4(6)5(7)8/h4-5H,3,7H2,1-2H3,(H,8,9);4H,2-3,6H2,1H3,(H,7,8)/t;4-/m.0/s1. The lowest BCUT2D eigenvalue weighted by atomic mass is 10.0. The Balaban J connectivity index is 0. The van der Waals surface area contributed by atoms with Gasteiger partial charge in [-0.1, -0.05) is 20.3 Å². The van der Waals surface area contributed by atoms with E-state index in [4.69, 9.17) is 21.7 Å². The SMILES string of the molecule is CCC(C)C(N)C(=O)O.CSCC[C@H](N)C(=O)O. The van der Waals surface area contributed by atoms with Crippen LogP contribution in [0, 0.1) is 5.92 Å². The van der Waals surface area contributed by atoms with E-state index in [9.17, 15) is 9.59 Å². The van der Waals surface area contributed by atoms with E-state index in [0.29, 0.717) is 6.42 Å². The first-order chi connectivity index (χ1) is 8.27. The third kappa shape index (κ3) is 10.4. The minimum atomic E-state index is -0.913. The van der Waals surface area contributed by atoms with Crippen LogP contribution in [-0.2, 0) is 9.59 Å². The average Bonchev–Trinajstić information content (AvgIpc) is 2.34. The van der Waals surface area contributed by atoms with Crippen LogP contribution in [-0.4, -0.2) is 46.2 Å². The van der Waals surface area contributed by atoms with E-state index in [1.807, 2.05) is 20.1 Å². The fourth-order valence-electron chi connectivity index (χ4n) is 0.866. The smallest absolute Gasteiger partial charge is 0.320 e. The zero-order valence-corrected chi connectivity index (χ0v) is 11.9. The molecule has 0 aliphatic heterocycles. The molecule has 0 bridgehead atoms. The van der Waals surface area contributed by atoms with Crippen LogP contribution >= 0.6 is 11.8 Å². The summed E-state index contributed by atoms with van der Waals surface area (Å²) >= 11 is 1.60. The Labute approximate surface area is 112 Å². The molecule has 0 saturated heterocycles. The van der Waals surface area contributed by atoms with E-state index in [0.717, 1.165) is 12.2 Å². The first-order valence-corrected chi connectivity index (χ1v) is 7.12. The summed E-state index contributed by atoms with van der Waals surface area (Å²) in [6.45, 7) is 3.76. The van der Waals surface area contributed by atoms with Crippen LogP contribution in [0.2, 0.25) is 0 Å². The Hall–Kier alpha value is -0.790. The Bertz CT molecular complexity index is 251. The second-order valence-corrected chi connectivity index (χ2v) is 4.96. The van der Waals surface area contributed by atoms with Crippen LogP contribution in [0.3, 0.4) is 0 Å². The van der Waals surface area contributed by atoms with Crippen LogP contribution in [0.4, 0.5) is 0 Å². The second kappa shape index (κ2) is 11.3. The molecule has 7 heteroatoms. The molecule has 3 atom stereocenters. The summed E-state index contributed by atoms with van der Waals surface area (Å²) in [5.41, 5.74) is 10.5. The predicted octanol–water partition coefficient (Wildman–Crippen LogP) is 0.596. The molecule has 18 heavy (non-hydrogen) atoms. The molecule has 0 saturated carbocycles. The van der Waals surface area contributed by atoms with Crippen molar-refractivity contribution in [2.75, 3.05) is 12.0 Å². The number of carboxylic acid groups (broad SMARTS) is 2. The van der Waals surface area contributed by atoms with E-state index in [1.54, 1.807) is 11.8 Å². The molecule has 0 radical (unpaired) electrons. The Morgan fingerprint density at radius 3 is 1.94 bits per heavy atom. The fraction of sp³-hybridized carbons (Fsp3) is 0.818. The lowest BCUT2D eigenvalue weighted by Crippen LogP contribution is -2.36. The molecule has 0 aliphatic rings. The molecule has 0 aromatic heterocycles. The summed E-state index contributed by atoms with van der Waals surface area (Å²) in [6.07, 6.45) is 3.29. The molecule has 0 aliphatic carbocycles. The third-order valence-electron chi connectivity index (χ3n) is 2.49. The number of hydrogen-bond donors (Lipinski definition) is 4. The van der Waals surface area contributed by atoms with E-state index in [1.165, 1.54) is 0 Å². The number of carboxylic acids is 2. The van der Waals surface area contributed by atoms with Crippen molar-refractivity contribution >= 4 is 23.7 Å². The molecule has 0 spiro atoms. The molecule has 6 N–H and O–H groups in total. The maximum absolute atomic E-state index is 10.2. The van der Waals surface area contributed by atoms with E-state index < -0.39 is 24.0 Å². The molecule has 0 aromatic carbocycles. The van der Waals surface area contributed by atoms with Gasteiger partial charge in [-0.25, -0.2) is 0 Å². The molecule has 108 valence electrons. The Morgan fingerprint density at radius 2 is 1.72 bits per heavy atom. The van der Waals surface area contributed by atoms with Gasteiger partial charge in [0.05, 0.1) is 0 Å². The molecule has 0 aromatic rings. The fourth-order valence-corrected chi connectivity index (χ4v) is 1.36. The quantitative estimate of drug-likeness (QED) is 0.537. The van der Waals surface area contributed by atoms with Gasteiger partial charge in [-0.15, -0.1) is 0 Å². The third-order valence-corrected chi connectivity index (χ3v) is 3.14. The summed E-state index contributed by atoms with van der Waals surface area (Å²) in [4.78, 5) is 20.2. The van der Waals surface area contributed by atoms with Crippen molar-refractivity contribution in [3.8, 4) is 0 Å². The molecule has 0 rings (SSSR count). The maximum atomic E-state index is 10.2. The number of rotatable bonds is 7. The normalized spacial score (nSPS) is 14.9.